The summed E-state index contributed by atoms with van der Waals surface area (Å²) in [6, 6.07) is 10.9. The predicted octanol–water partition coefficient (Wildman–Crippen LogP) is 2.95. The highest BCUT2D eigenvalue weighted by Crippen LogP contribution is 2.18. The number of halogens is 1. The Labute approximate surface area is 98.9 Å². The number of hydrogen-bond donors (Lipinski definition) is 1. The van der Waals surface area contributed by atoms with E-state index in [1.54, 1.807) is 37.3 Å². The number of ketones is 1. The van der Waals surface area contributed by atoms with Crippen LogP contribution in [0, 0.1) is 12.7 Å². The van der Waals surface area contributed by atoms with Crippen LogP contribution in [0.2, 0.25) is 0 Å². The van der Waals surface area contributed by atoms with Crippen molar-refractivity contribution in [3.05, 3.63) is 65.0 Å². The predicted molar refractivity (Wildman–Crippen MR) is 65.4 cm³/mol. The maximum atomic E-state index is 13.5. The van der Waals surface area contributed by atoms with E-state index in [2.05, 4.69) is 0 Å². The Morgan fingerprint density at radius 1 is 1.12 bits per heavy atom. The lowest BCUT2D eigenvalue weighted by Crippen LogP contribution is -2.06. The third-order valence-corrected chi connectivity index (χ3v) is 2.61. The molecule has 0 spiro atoms. The minimum Gasteiger partial charge on any atom is -0.399 e. The third-order valence-electron chi connectivity index (χ3n) is 2.61. The summed E-state index contributed by atoms with van der Waals surface area (Å²) in [5.74, 6) is -0.825. The van der Waals surface area contributed by atoms with E-state index in [1.807, 2.05) is 0 Å². The summed E-state index contributed by atoms with van der Waals surface area (Å²) >= 11 is 0. The topological polar surface area (TPSA) is 43.1 Å². The van der Waals surface area contributed by atoms with Crippen LogP contribution >= 0.6 is 0 Å². The Hall–Kier alpha value is -2.16. The first kappa shape index (κ1) is 11.3. The normalized spacial score (nSPS) is 10.2. The molecule has 0 unspecified atom stereocenters. The van der Waals surface area contributed by atoms with Crippen molar-refractivity contribution in [2.75, 3.05) is 5.73 Å². The summed E-state index contributed by atoms with van der Waals surface area (Å²) < 4.78 is 13.5. The Kier molecular flexibility index (Phi) is 2.91. The number of hydrogen-bond acceptors (Lipinski definition) is 2. The van der Waals surface area contributed by atoms with Crippen LogP contribution in [0.4, 0.5) is 10.1 Å². The van der Waals surface area contributed by atoms with Gasteiger partial charge in [-0.15, -0.1) is 0 Å². The fourth-order valence-electron chi connectivity index (χ4n) is 1.73. The molecule has 86 valence electrons. The molecule has 0 aliphatic rings. The van der Waals surface area contributed by atoms with Gasteiger partial charge in [-0.25, -0.2) is 4.39 Å². The number of nitrogens with two attached hydrogens (primary N) is 1. The van der Waals surface area contributed by atoms with Crippen molar-refractivity contribution in [3.8, 4) is 0 Å². The van der Waals surface area contributed by atoms with Gasteiger partial charge in [0.2, 0.25) is 0 Å². The molecule has 0 bridgehead atoms. The zero-order valence-corrected chi connectivity index (χ0v) is 9.41. The average Bonchev–Trinajstić information content (AvgIpc) is 2.29. The highest BCUT2D eigenvalue weighted by Gasteiger charge is 2.15. The number of carbonyl (C=O) groups is 1. The summed E-state index contributed by atoms with van der Waals surface area (Å²) in [5.41, 5.74) is 7.51. The van der Waals surface area contributed by atoms with E-state index >= 15 is 0 Å². The van der Waals surface area contributed by atoms with Crippen molar-refractivity contribution >= 4 is 11.5 Å². The van der Waals surface area contributed by atoms with Gasteiger partial charge in [-0.2, -0.15) is 0 Å². The van der Waals surface area contributed by atoms with Crippen molar-refractivity contribution in [1.82, 2.24) is 0 Å². The van der Waals surface area contributed by atoms with E-state index in [0.717, 1.165) is 5.56 Å². The summed E-state index contributed by atoms with van der Waals surface area (Å²) in [4.78, 5) is 12.1. The highest BCUT2D eigenvalue weighted by atomic mass is 19.1. The maximum Gasteiger partial charge on any atom is 0.196 e. The molecule has 0 amide bonds. The molecule has 2 nitrogen and oxygen atoms in total. The van der Waals surface area contributed by atoms with Crippen LogP contribution in [0.5, 0.6) is 0 Å². The third kappa shape index (κ3) is 2.18. The SMILES string of the molecule is Cc1cc(N)ccc1C(=O)c1ccccc1F. The Balaban J connectivity index is 2.48. The van der Waals surface area contributed by atoms with Gasteiger partial charge in [0.15, 0.2) is 5.78 Å². The molecule has 0 aliphatic heterocycles. The van der Waals surface area contributed by atoms with E-state index in [1.165, 1.54) is 12.1 Å². The molecule has 2 aromatic rings. The smallest absolute Gasteiger partial charge is 0.196 e. The van der Waals surface area contributed by atoms with Crippen LogP contribution in [0.25, 0.3) is 0 Å². The second kappa shape index (κ2) is 4.37. The van der Waals surface area contributed by atoms with Gasteiger partial charge >= 0.3 is 0 Å². The van der Waals surface area contributed by atoms with Gasteiger partial charge in [0, 0.05) is 11.3 Å². The van der Waals surface area contributed by atoms with E-state index < -0.39 is 5.82 Å². The molecule has 17 heavy (non-hydrogen) atoms. The Bertz CT molecular complexity index is 578. The first-order chi connectivity index (χ1) is 8.09. The second-order valence-electron chi connectivity index (χ2n) is 3.88. The molecule has 0 aromatic heterocycles. The van der Waals surface area contributed by atoms with Crippen LogP contribution < -0.4 is 5.73 Å². The molecule has 0 saturated carbocycles. The quantitative estimate of drug-likeness (QED) is 0.635. The summed E-state index contributed by atoms with van der Waals surface area (Å²) in [5, 5.41) is 0. The number of rotatable bonds is 2. The molecule has 0 fully saturated rings. The van der Waals surface area contributed by atoms with Crippen LogP contribution in [0.15, 0.2) is 42.5 Å². The molecule has 0 saturated heterocycles. The summed E-state index contributed by atoms with van der Waals surface area (Å²) in [6.45, 7) is 1.78. The lowest BCUT2D eigenvalue weighted by Gasteiger charge is -2.06. The molecule has 2 aromatic carbocycles. The van der Waals surface area contributed by atoms with Gasteiger partial charge < -0.3 is 5.73 Å². The van der Waals surface area contributed by atoms with Gasteiger partial charge in [0.1, 0.15) is 5.82 Å². The Morgan fingerprint density at radius 3 is 2.47 bits per heavy atom. The second-order valence-corrected chi connectivity index (χ2v) is 3.88. The van der Waals surface area contributed by atoms with Gasteiger partial charge in [-0.3, -0.25) is 4.79 Å². The van der Waals surface area contributed by atoms with Crippen LogP contribution in [-0.4, -0.2) is 5.78 Å². The first-order valence-corrected chi connectivity index (χ1v) is 5.25. The van der Waals surface area contributed by atoms with Crippen molar-refractivity contribution in [2.24, 2.45) is 0 Å². The zero-order chi connectivity index (χ0) is 12.4. The standard InChI is InChI=1S/C14H12FNO/c1-9-8-10(16)6-7-11(9)14(17)12-4-2-3-5-13(12)15/h2-8H,16H2,1H3. The molecule has 3 heteroatoms. The van der Waals surface area contributed by atoms with E-state index in [-0.39, 0.29) is 11.3 Å². The largest absolute Gasteiger partial charge is 0.399 e. The average molecular weight is 229 g/mol. The van der Waals surface area contributed by atoms with E-state index in [0.29, 0.717) is 11.3 Å². The summed E-state index contributed by atoms with van der Waals surface area (Å²) in [6.07, 6.45) is 0. The highest BCUT2D eigenvalue weighted by molar-refractivity contribution is 6.10. The van der Waals surface area contributed by atoms with Gasteiger partial charge in [0.25, 0.3) is 0 Å². The molecule has 0 aliphatic carbocycles. The number of anilines is 1. The first-order valence-electron chi connectivity index (χ1n) is 5.25. The van der Waals surface area contributed by atoms with Crippen LogP contribution in [0.1, 0.15) is 21.5 Å². The molecule has 2 rings (SSSR count). The van der Waals surface area contributed by atoms with Crippen molar-refractivity contribution < 1.29 is 9.18 Å². The van der Waals surface area contributed by atoms with Crippen molar-refractivity contribution in [2.45, 2.75) is 6.92 Å². The number of nitrogen functional groups attached to an aromatic ring is 1. The van der Waals surface area contributed by atoms with Gasteiger partial charge in [0.05, 0.1) is 5.56 Å². The number of carbonyl (C=O) groups excluding carboxylic acids is 1. The van der Waals surface area contributed by atoms with Gasteiger partial charge in [-0.05, 0) is 42.8 Å². The molecule has 0 atom stereocenters. The zero-order valence-electron chi connectivity index (χ0n) is 9.41. The number of benzene rings is 2. The molecular formula is C14H12FNO. The van der Waals surface area contributed by atoms with E-state index in [4.69, 9.17) is 5.73 Å². The molecular weight excluding hydrogens is 217 g/mol. The molecule has 0 radical (unpaired) electrons. The lowest BCUT2D eigenvalue weighted by atomic mass is 9.98. The fraction of sp³-hybridized carbons (Fsp3) is 0.0714. The van der Waals surface area contributed by atoms with Crippen molar-refractivity contribution in [3.63, 3.8) is 0 Å². The Morgan fingerprint density at radius 2 is 1.82 bits per heavy atom. The van der Waals surface area contributed by atoms with Crippen LogP contribution in [0.3, 0.4) is 0 Å². The van der Waals surface area contributed by atoms with Crippen LogP contribution in [-0.2, 0) is 0 Å². The van der Waals surface area contributed by atoms with Gasteiger partial charge in [-0.1, -0.05) is 12.1 Å². The number of aryl methyl sites for hydroxylation is 1. The molecule has 2 N–H and O–H groups in total. The maximum absolute atomic E-state index is 13.5. The fourth-order valence-corrected chi connectivity index (χ4v) is 1.73. The lowest BCUT2D eigenvalue weighted by molar-refractivity contribution is 0.103. The van der Waals surface area contributed by atoms with Crippen molar-refractivity contribution in [1.29, 1.82) is 0 Å². The monoisotopic (exact) mass is 229 g/mol. The minimum absolute atomic E-state index is 0.0837. The van der Waals surface area contributed by atoms with E-state index in [9.17, 15) is 9.18 Å². The minimum atomic E-state index is -0.506. The summed E-state index contributed by atoms with van der Waals surface area (Å²) in [7, 11) is 0. The molecule has 0 heterocycles.